The van der Waals surface area contributed by atoms with Gasteiger partial charge in [0.05, 0.1) is 0 Å². The van der Waals surface area contributed by atoms with Gasteiger partial charge in [0.2, 0.25) is 0 Å². The summed E-state index contributed by atoms with van der Waals surface area (Å²) in [6, 6.07) is 9.48. The molecule has 21 heavy (non-hydrogen) atoms. The van der Waals surface area contributed by atoms with Gasteiger partial charge in [0.25, 0.3) is 0 Å². The first-order valence-electron chi connectivity index (χ1n) is 8.14. The Kier molecular flexibility index (Phi) is 6.27. The Bertz CT molecular complexity index is 430. The minimum Gasteiger partial charge on any atom is -0.388 e. The first-order chi connectivity index (χ1) is 10.2. The molecule has 0 aromatic heterocycles. The van der Waals surface area contributed by atoms with Crippen molar-refractivity contribution in [1.29, 1.82) is 0 Å². The van der Waals surface area contributed by atoms with Crippen molar-refractivity contribution in [3.8, 4) is 0 Å². The predicted octanol–water partition coefficient (Wildman–Crippen LogP) is 2.84. The van der Waals surface area contributed by atoms with Crippen LogP contribution in [0.15, 0.2) is 30.8 Å². The molecule has 0 unspecified atom stereocenters. The van der Waals surface area contributed by atoms with Crippen molar-refractivity contribution < 1.29 is 0 Å². The number of likely N-dealkylation sites (tertiary alicyclic amines) is 1. The number of nitrogens with zero attached hydrogens (tertiary/aromatic N) is 1. The monoisotopic (exact) mass is 287 g/mol. The molecule has 1 aromatic carbocycles. The quantitative estimate of drug-likeness (QED) is 0.807. The fourth-order valence-electron chi connectivity index (χ4n) is 2.86. The maximum absolute atomic E-state index is 3.99. The summed E-state index contributed by atoms with van der Waals surface area (Å²) in [6.07, 6.45) is 3.77. The van der Waals surface area contributed by atoms with E-state index in [4.69, 9.17) is 0 Å². The molecule has 1 saturated heterocycles. The average Bonchev–Trinajstić information content (AvgIpc) is 2.54. The summed E-state index contributed by atoms with van der Waals surface area (Å²) in [7, 11) is 1.91. The molecular weight excluding hydrogens is 258 g/mol. The molecule has 116 valence electrons. The molecule has 0 spiro atoms. The number of nitrogens with one attached hydrogen (secondary N) is 2. The number of rotatable bonds is 7. The second-order valence-electron chi connectivity index (χ2n) is 5.93. The standard InChI is InChI=1S/C18H29N3/c1-4-11-20-18-9-12-21(13-10-18)14-16-5-7-17(8-6-16)15(2)19-3/h5-8,18-20H,2,4,9-14H2,1,3H3. The van der Waals surface area contributed by atoms with E-state index in [1.807, 2.05) is 7.05 Å². The van der Waals surface area contributed by atoms with E-state index >= 15 is 0 Å². The van der Waals surface area contributed by atoms with Crippen LogP contribution >= 0.6 is 0 Å². The van der Waals surface area contributed by atoms with Gasteiger partial charge in [-0.15, -0.1) is 0 Å². The lowest BCUT2D eigenvalue weighted by atomic mass is 10.0. The van der Waals surface area contributed by atoms with Crippen molar-refractivity contribution in [2.45, 2.75) is 38.8 Å². The molecule has 1 aliphatic heterocycles. The normalized spacial score (nSPS) is 16.9. The number of hydrogen-bond donors (Lipinski definition) is 2. The lowest BCUT2D eigenvalue weighted by Gasteiger charge is -2.32. The summed E-state index contributed by atoms with van der Waals surface area (Å²) >= 11 is 0. The molecule has 2 N–H and O–H groups in total. The third-order valence-corrected chi connectivity index (χ3v) is 4.28. The van der Waals surface area contributed by atoms with E-state index in [1.54, 1.807) is 0 Å². The Hall–Kier alpha value is -1.32. The van der Waals surface area contributed by atoms with Crippen molar-refractivity contribution in [3.63, 3.8) is 0 Å². The fraction of sp³-hybridized carbons (Fsp3) is 0.556. The zero-order valence-corrected chi connectivity index (χ0v) is 13.5. The highest BCUT2D eigenvalue weighted by atomic mass is 15.1. The highest BCUT2D eigenvalue weighted by Gasteiger charge is 2.18. The van der Waals surface area contributed by atoms with Crippen molar-refractivity contribution in [1.82, 2.24) is 15.5 Å². The van der Waals surface area contributed by atoms with E-state index in [9.17, 15) is 0 Å². The van der Waals surface area contributed by atoms with E-state index in [2.05, 4.69) is 53.3 Å². The Morgan fingerprint density at radius 1 is 1.24 bits per heavy atom. The second kappa shape index (κ2) is 8.20. The van der Waals surface area contributed by atoms with E-state index in [-0.39, 0.29) is 0 Å². The maximum atomic E-state index is 3.99. The van der Waals surface area contributed by atoms with Crippen LogP contribution in [0.2, 0.25) is 0 Å². The molecule has 0 bridgehead atoms. The third kappa shape index (κ3) is 4.87. The molecule has 1 fully saturated rings. The summed E-state index contributed by atoms with van der Waals surface area (Å²) in [4.78, 5) is 2.56. The van der Waals surface area contributed by atoms with Crippen LogP contribution in [0.25, 0.3) is 5.70 Å². The first-order valence-corrected chi connectivity index (χ1v) is 8.14. The van der Waals surface area contributed by atoms with Crippen LogP contribution in [-0.4, -0.2) is 37.6 Å². The lowest BCUT2D eigenvalue weighted by Crippen LogP contribution is -2.42. The van der Waals surface area contributed by atoms with E-state index < -0.39 is 0 Å². The zero-order chi connectivity index (χ0) is 15.1. The summed E-state index contributed by atoms with van der Waals surface area (Å²) in [5, 5.41) is 6.73. The van der Waals surface area contributed by atoms with Crippen LogP contribution in [0.3, 0.4) is 0 Å². The Balaban J connectivity index is 1.79. The van der Waals surface area contributed by atoms with Gasteiger partial charge in [0.15, 0.2) is 0 Å². The minimum absolute atomic E-state index is 0.725. The van der Waals surface area contributed by atoms with Crippen LogP contribution in [0.1, 0.15) is 37.3 Å². The molecule has 1 aliphatic rings. The van der Waals surface area contributed by atoms with Crippen LogP contribution < -0.4 is 10.6 Å². The molecule has 1 heterocycles. The summed E-state index contributed by atoms with van der Waals surface area (Å²) < 4.78 is 0. The van der Waals surface area contributed by atoms with Gasteiger partial charge >= 0.3 is 0 Å². The smallest absolute Gasteiger partial charge is 0.0338 e. The van der Waals surface area contributed by atoms with Gasteiger partial charge in [0.1, 0.15) is 0 Å². The highest BCUT2D eigenvalue weighted by molar-refractivity contribution is 5.61. The van der Waals surface area contributed by atoms with Gasteiger partial charge in [-0.1, -0.05) is 37.8 Å². The average molecular weight is 287 g/mol. The SMILES string of the molecule is C=C(NC)c1ccc(CN2CCC(NCCC)CC2)cc1. The molecule has 0 saturated carbocycles. The summed E-state index contributed by atoms with van der Waals surface area (Å²) in [6.45, 7) is 10.8. The van der Waals surface area contributed by atoms with Crippen LogP contribution in [0, 0.1) is 0 Å². The van der Waals surface area contributed by atoms with Gasteiger partial charge in [-0.05, 0) is 50.0 Å². The van der Waals surface area contributed by atoms with Crippen molar-refractivity contribution in [2.24, 2.45) is 0 Å². The molecule has 3 nitrogen and oxygen atoms in total. The van der Waals surface area contributed by atoms with Gasteiger partial charge in [-0.25, -0.2) is 0 Å². The zero-order valence-electron chi connectivity index (χ0n) is 13.5. The van der Waals surface area contributed by atoms with Crippen LogP contribution in [-0.2, 0) is 6.54 Å². The molecule has 3 heteroatoms. The van der Waals surface area contributed by atoms with Gasteiger partial charge < -0.3 is 10.6 Å². The van der Waals surface area contributed by atoms with E-state index in [0.717, 1.165) is 24.8 Å². The maximum Gasteiger partial charge on any atom is 0.0338 e. The largest absolute Gasteiger partial charge is 0.388 e. The predicted molar refractivity (Wildman–Crippen MR) is 91.1 cm³/mol. The summed E-state index contributed by atoms with van der Waals surface area (Å²) in [5.74, 6) is 0. The topological polar surface area (TPSA) is 27.3 Å². The second-order valence-corrected chi connectivity index (χ2v) is 5.93. The molecule has 1 aromatic rings. The lowest BCUT2D eigenvalue weighted by molar-refractivity contribution is 0.191. The minimum atomic E-state index is 0.725. The number of benzene rings is 1. The van der Waals surface area contributed by atoms with E-state index in [0.29, 0.717) is 0 Å². The molecule has 0 radical (unpaired) electrons. The summed E-state index contributed by atoms with van der Waals surface area (Å²) in [5.41, 5.74) is 3.54. The van der Waals surface area contributed by atoms with Crippen molar-refractivity contribution >= 4 is 5.70 Å². The molecular formula is C18H29N3. The Labute approximate surface area is 129 Å². The van der Waals surface area contributed by atoms with Gasteiger partial charge in [-0.2, -0.15) is 0 Å². The van der Waals surface area contributed by atoms with Crippen molar-refractivity contribution in [3.05, 3.63) is 42.0 Å². The molecule has 0 atom stereocenters. The van der Waals surface area contributed by atoms with E-state index in [1.165, 1.54) is 43.5 Å². The Morgan fingerprint density at radius 2 is 1.90 bits per heavy atom. The Morgan fingerprint density at radius 3 is 2.48 bits per heavy atom. The van der Waals surface area contributed by atoms with Crippen LogP contribution in [0.5, 0.6) is 0 Å². The first kappa shape index (κ1) is 16.1. The van der Waals surface area contributed by atoms with Gasteiger partial charge in [-0.3, -0.25) is 4.90 Å². The van der Waals surface area contributed by atoms with Crippen molar-refractivity contribution in [2.75, 3.05) is 26.7 Å². The number of hydrogen-bond acceptors (Lipinski definition) is 3. The molecule has 0 aliphatic carbocycles. The highest BCUT2D eigenvalue weighted by Crippen LogP contribution is 2.16. The number of piperidine rings is 1. The van der Waals surface area contributed by atoms with Crippen LogP contribution in [0.4, 0.5) is 0 Å². The fourth-order valence-corrected chi connectivity index (χ4v) is 2.86. The molecule has 0 amide bonds. The third-order valence-electron chi connectivity index (χ3n) is 4.28. The molecule has 2 rings (SSSR count). The van der Waals surface area contributed by atoms with Gasteiger partial charge in [0, 0.05) is 25.3 Å².